The van der Waals surface area contributed by atoms with Gasteiger partial charge in [-0.3, -0.25) is 0 Å². The van der Waals surface area contributed by atoms with Crippen LogP contribution in [0.15, 0.2) is 24.3 Å². The molecule has 1 aromatic rings. The van der Waals surface area contributed by atoms with Crippen molar-refractivity contribution in [3.05, 3.63) is 29.8 Å². The zero-order chi connectivity index (χ0) is 18.3. The van der Waals surface area contributed by atoms with Crippen LogP contribution in [0.2, 0.25) is 0 Å². The first-order chi connectivity index (χ1) is 13.2. The van der Waals surface area contributed by atoms with Crippen LogP contribution in [0.5, 0.6) is 5.75 Å². The van der Waals surface area contributed by atoms with E-state index in [0.29, 0.717) is 12.0 Å². The zero-order valence-electron chi connectivity index (χ0n) is 16.6. The van der Waals surface area contributed by atoms with Crippen LogP contribution in [0.25, 0.3) is 0 Å². The van der Waals surface area contributed by atoms with Crippen molar-refractivity contribution in [1.29, 1.82) is 0 Å². The quantitative estimate of drug-likeness (QED) is 0.808. The van der Waals surface area contributed by atoms with E-state index in [-0.39, 0.29) is 0 Å². The summed E-state index contributed by atoms with van der Waals surface area (Å²) >= 11 is 0. The first-order valence-electron chi connectivity index (χ1n) is 11.3. The minimum absolute atomic E-state index is 0.396. The van der Waals surface area contributed by atoms with Crippen molar-refractivity contribution in [2.24, 2.45) is 17.8 Å². The summed E-state index contributed by atoms with van der Waals surface area (Å²) in [6, 6.07) is 8.92. The highest BCUT2D eigenvalue weighted by Gasteiger charge is 2.51. The van der Waals surface area contributed by atoms with Gasteiger partial charge in [-0.2, -0.15) is 0 Å². The molecule has 0 aromatic heterocycles. The Morgan fingerprint density at radius 1 is 0.926 bits per heavy atom. The minimum atomic E-state index is -0.397. The van der Waals surface area contributed by atoms with E-state index in [1.54, 1.807) is 5.56 Å². The second kappa shape index (κ2) is 7.40. The van der Waals surface area contributed by atoms with Gasteiger partial charge in [-0.15, -0.1) is 0 Å². The van der Waals surface area contributed by atoms with Gasteiger partial charge in [-0.05, 0) is 105 Å². The second-order valence-electron chi connectivity index (χ2n) is 10.0. The Bertz CT molecular complexity index is 599. The number of piperidine rings is 1. The molecule has 0 radical (unpaired) electrons. The van der Waals surface area contributed by atoms with Crippen LogP contribution in [-0.4, -0.2) is 42.4 Å². The molecular formula is C24H35NO2. The van der Waals surface area contributed by atoms with Crippen molar-refractivity contribution < 1.29 is 9.84 Å². The number of benzene rings is 1. The second-order valence-corrected chi connectivity index (χ2v) is 10.0. The first kappa shape index (κ1) is 18.0. The normalized spacial score (nSPS) is 36.7. The highest BCUT2D eigenvalue weighted by molar-refractivity contribution is 5.34. The van der Waals surface area contributed by atoms with Crippen molar-refractivity contribution >= 4 is 0 Å². The minimum Gasteiger partial charge on any atom is -0.491 e. The molecule has 4 bridgehead atoms. The fourth-order valence-corrected chi connectivity index (χ4v) is 7.05. The van der Waals surface area contributed by atoms with E-state index in [1.165, 1.54) is 57.8 Å². The topological polar surface area (TPSA) is 32.7 Å². The number of hydrogen-bond donors (Lipinski definition) is 1. The molecule has 6 rings (SSSR count). The predicted molar refractivity (Wildman–Crippen MR) is 108 cm³/mol. The van der Waals surface area contributed by atoms with Crippen LogP contribution in [0, 0.1) is 17.8 Å². The monoisotopic (exact) mass is 369 g/mol. The largest absolute Gasteiger partial charge is 0.491 e. The Balaban J connectivity index is 1.17. The standard InChI is InChI=1S/C24H35NO2/c26-22(16-25-8-2-1-3-9-25)17-27-23-6-4-21(5-7-23)24-13-18-10-19(14-24)12-20(11-18)15-24/h4-7,18-20,22,26H,1-3,8-17H2. The van der Waals surface area contributed by atoms with E-state index in [0.717, 1.165) is 43.1 Å². The van der Waals surface area contributed by atoms with Gasteiger partial charge in [-0.1, -0.05) is 18.6 Å². The molecule has 0 amide bonds. The van der Waals surface area contributed by atoms with Gasteiger partial charge in [0.1, 0.15) is 18.5 Å². The summed E-state index contributed by atoms with van der Waals surface area (Å²) in [5.41, 5.74) is 2.00. The van der Waals surface area contributed by atoms with Gasteiger partial charge in [0.05, 0.1) is 0 Å². The van der Waals surface area contributed by atoms with Crippen molar-refractivity contribution in [3.63, 3.8) is 0 Å². The van der Waals surface area contributed by atoms with Crippen molar-refractivity contribution in [2.45, 2.75) is 69.3 Å². The molecule has 1 unspecified atom stereocenters. The number of β-amino-alcohol motifs (C(OH)–C–C–N with tert-alkyl or cyclic N) is 1. The summed E-state index contributed by atoms with van der Waals surface area (Å²) in [7, 11) is 0. The van der Waals surface area contributed by atoms with E-state index in [9.17, 15) is 5.11 Å². The Kier molecular flexibility index (Phi) is 4.94. The SMILES string of the molecule is OC(COc1ccc(C23CC4CC(CC(C4)C2)C3)cc1)CN1CCCCC1. The van der Waals surface area contributed by atoms with Crippen molar-refractivity contribution in [3.8, 4) is 5.75 Å². The highest BCUT2D eigenvalue weighted by Crippen LogP contribution is 2.60. The van der Waals surface area contributed by atoms with Crippen LogP contribution < -0.4 is 4.74 Å². The lowest BCUT2D eigenvalue weighted by Gasteiger charge is -2.57. The van der Waals surface area contributed by atoms with Gasteiger partial charge < -0.3 is 14.7 Å². The number of likely N-dealkylation sites (tertiary alicyclic amines) is 1. The average Bonchev–Trinajstić information content (AvgIpc) is 2.66. The molecule has 1 saturated heterocycles. The maximum absolute atomic E-state index is 10.3. The predicted octanol–water partition coefficient (Wildman–Crippen LogP) is 4.38. The van der Waals surface area contributed by atoms with Gasteiger partial charge in [0, 0.05) is 6.54 Å². The third-order valence-corrected chi connectivity index (χ3v) is 7.86. The number of ether oxygens (including phenoxy) is 1. The van der Waals surface area contributed by atoms with Crippen LogP contribution in [0.3, 0.4) is 0 Å². The van der Waals surface area contributed by atoms with Crippen LogP contribution in [-0.2, 0) is 5.41 Å². The van der Waals surface area contributed by atoms with Gasteiger partial charge in [-0.25, -0.2) is 0 Å². The number of aliphatic hydroxyl groups is 1. The highest BCUT2D eigenvalue weighted by atomic mass is 16.5. The van der Waals surface area contributed by atoms with Crippen LogP contribution >= 0.6 is 0 Å². The number of nitrogens with zero attached hydrogens (tertiary/aromatic N) is 1. The molecular weight excluding hydrogens is 334 g/mol. The molecule has 148 valence electrons. The Morgan fingerprint density at radius 2 is 1.52 bits per heavy atom. The average molecular weight is 370 g/mol. The fourth-order valence-electron chi connectivity index (χ4n) is 7.05. The lowest BCUT2D eigenvalue weighted by molar-refractivity contribution is -0.00522. The third-order valence-electron chi connectivity index (χ3n) is 7.86. The fraction of sp³-hybridized carbons (Fsp3) is 0.750. The molecule has 1 atom stereocenters. The van der Waals surface area contributed by atoms with Crippen molar-refractivity contribution in [2.75, 3.05) is 26.2 Å². The molecule has 27 heavy (non-hydrogen) atoms. The first-order valence-corrected chi connectivity index (χ1v) is 11.3. The molecule has 5 aliphatic rings. The maximum atomic E-state index is 10.3. The molecule has 3 heteroatoms. The smallest absolute Gasteiger partial charge is 0.119 e. The third kappa shape index (κ3) is 3.78. The summed E-state index contributed by atoms with van der Waals surface area (Å²) in [6.45, 7) is 3.38. The van der Waals surface area contributed by atoms with E-state index in [4.69, 9.17) is 4.74 Å². The molecule has 1 N–H and O–H groups in total. The van der Waals surface area contributed by atoms with Gasteiger partial charge >= 0.3 is 0 Å². The maximum Gasteiger partial charge on any atom is 0.119 e. The summed E-state index contributed by atoms with van der Waals surface area (Å²) < 4.78 is 5.91. The van der Waals surface area contributed by atoms with Crippen LogP contribution in [0.4, 0.5) is 0 Å². The molecule has 5 fully saturated rings. The molecule has 3 nitrogen and oxygen atoms in total. The number of rotatable bonds is 6. The molecule has 1 aliphatic heterocycles. The van der Waals surface area contributed by atoms with Gasteiger partial charge in [0.2, 0.25) is 0 Å². The Labute approximate surface area is 164 Å². The Morgan fingerprint density at radius 3 is 2.11 bits per heavy atom. The molecule has 4 saturated carbocycles. The molecule has 4 aliphatic carbocycles. The van der Waals surface area contributed by atoms with E-state index in [2.05, 4.69) is 29.2 Å². The summed E-state index contributed by atoms with van der Waals surface area (Å²) in [6.07, 6.45) is 12.2. The molecule has 1 heterocycles. The Hall–Kier alpha value is -1.06. The van der Waals surface area contributed by atoms with E-state index < -0.39 is 6.10 Å². The van der Waals surface area contributed by atoms with E-state index in [1.807, 2.05) is 0 Å². The van der Waals surface area contributed by atoms with Gasteiger partial charge in [0.25, 0.3) is 0 Å². The lowest BCUT2D eigenvalue weighted by atomic mass is 9.48. The summed E-state index contributed by atoms with van der Waals surface area (Å²) in [4.78, 5) is 2.37. The van der Waals surface area contributed by atoms with E-state index >= 15 is 0 Å². The number of aliphatic hydroxyl groups excluding tert-OH is 1. The zero-order valence-corrected chi connectivity index (χ0v) is 16.6. The van der Waals surface area contributed by atoms with Gasteiger partial charge in [0.15, 0.2) is 0 Å². The molecule has 0 spiro atoms. The van der Waals surface area contributed by atoms with Crippen LogP contribution in [0.1, 0.15) is 63.4 Å². The summed E-state index contributed by atoms with van der Waals surface area (Å²) in [5, 5.41) is 10.3. The molecule has 1 aromatic carbocycles. The van der Waals surface area contributed by atoms with Crippen molar-refractivity contribution in [1.82, 2.24) is 4.90 Å². The lowest BCUT2D eigenvalue weighted by Crippen LogP contribution is -2.48. The number of hydrogen-bond acceptors (Lipinski definition) is 3. The summed E-state index contributed by atoms with van der Waals surface area (Å²) in [5.74, 6) is 3.85.